The molecule has 0 spiro atoms. The fraction of sp³-hybridized carbons (Fsp3) is 0.923. The summed E-state index contributed by atoms with van der Waals surface area (Å²) in [5.41, 5.74) is 0. The number of carbonyl (C=O) groups excluding carboxylic acids is 1. The van der Waals surface area contributed by atoms with Crippen molar-refractivity contribution in [3.05, 3.63) is 0 Å². The molecule has 17 heavy (non-hydrogen) atoms. The van der Waals surface area contributed by atoms with E-state index in [2.05, 4.69) is 30.9 Å². The average Bonchev–Trinajstić information content (AvgIpc) is 2.28. The number of hydrogen-bond acceptors (Lipinski definition) is 3. The summed E-state index contributed by atoms with van der Waals surface area (Å²) in [5.74, 6) is 0.221. The molecule has 0 atom stereocenters. The Bertz CT molecular complexity index is 235. The smallest absolute Gasteiger partial charge is 0.219 e. The fourth-order valence-corrected chi connectivity index (χ4v) is 2.44. The van der Waals surface area contributed by atoms with E-state index in [1.165, 1.54) is 6.42 Å². The molecule has 1 heterocycles. The minimum Gasteiger partial charge on any atom is -0.343 e. The van der Waals surface area contributed by atoms with Crippen molar-refractivity contribution >= 4 is 5.91 Å². The van der Waals surface area contributed by atoms with E-state index in [0.717, 1.165) is 39.0 Å². The third-order valence-corrected chi connectivity index (χ3v) is 3.65. The second-order valence-corrected chi connectivity index (χ2v) is 5.37. The molecule has 1 aliphatic heterocycles. The molecule has 0 N–H and O–H groups in total. The van der Waals surface area contributed by atoms with Gasteiger partial charge in [-0.15, -0.1) is 0 Å². The molecule has 0 saturated carbocycles. The number of hydrogen-bond donors (Lipinski definition) is 0. The molecule has 0 unspecified atom stereocenters. The molecule has 0 radical (unpaired) electrons. The SMILES string of the molecule is CC(=O)N1CCC(N(C)CCCN(C)C)CC1. The van der Waals surface area contributed by atoms with Crippen LogP contribution in [0.2, 0.25) is 0 Å². The number of nitrogens with zero attached hydrogens (tertiary/aromatic N) is 3. The highest BCUT2D eigenvalue weighted by atomic mass is 16.2. The first-order valence-electron chi connectivity index (χ1n) is 6.61. The highest BCUT2D eigenvalue weighted by molar-refractivity contribution is 5.73. The zero-order valence-electron chi connectivity index (χ0n) is 11.8. The number of likely N-dealkylation sites (tertiary alicyclic amines) is 1. The maximum absolute atomic E-state index is 11.2. The van der Waals surface area contributed by atoms with Crippen molar-refractivity contribution < 1.29 is 4.79 Å². The lowest BCUT2D eigenvalue weighted by atomic mass is 10.0. The van der Waals surface area contributed by atoms with Crippen LogP contribution in [-0.2, 0) is 4.79 Å². The Morgan fingerprint density at radius 3 is 2.24 bits per heavy atom. The molecule has 4 nitrogen and oxygen atoms in total. The molecular weight excluding hydrogens is 214 g/mol. The zero-order chi connectivity index (χ0) is 12.8. The lowest BCUT2D eigenvalue weighted by molar-refractivity contribution is -0.130. The predicted molar refractivity (Wildman–Crippen MR) is 71.1 cm³/mol. The fourth-order valence-electron chi connectivity index (χ4n) is 2.44. The summed E-state index contributed by atoms with van der Waals surface area (Å²) in [6, 6.07) is 0.660. The van der Waals surface area contributed by atoms with Crippen LogP contribution in [0.25, 0.3) is 0 Å². The lowest BCUT2D eigenvalue weighted by Crippen LogP contribution is -2.45. The van der Waals surface area contributed by atoms with Crippen LogP contribution >= 0.6 is 0 Å². The van der Waals surface area contributed by atoms with Gasteiger partial charge in [-0.1, -0.05) is 0 Å². The van der Waals surface area contributed by atoms with Gasteiger partial charge in [0.1, 0.15) is 0 Å². The molecular formula is C13H27N3O. The summed E-state index contributed by atoms with van der Waals surface area (Å²) in [6.45, 7) is 5.83. The maximum Gasteiger partial charge on any atom is 0.219 e. The Morgan fingerprint density at radius 1 is 1.18 bits per heavy atom. The van der Waals surface area contributed by atoms with Crippen LogP contribution < -0.4 is 0 Å². The van der Waals surface area contributed by atoms with Gasteiger partial charge in [0, 0.05) is 26.1 Å². The van der Waals surface area contributed by atoms with E-state index in [1.54, 1.807) is 6.92 Å². The minimum absolute atomic E-state index is 0.221. The van der Waals surface area contributed by atoms with E-state index in [-0.39, 0.29) is 5.91 Å². The van der Waals surface area contributed by atoms with E-state index in [0.29, 0.717) is 6.04 Å². The maximum atomic E-state index is 11.2. The molecule has 0 bridgehead atoms. The van der Waals surface area contributed by atoms with Crippen LogP contribution in [0, 0.1) is 0 Å². The minimum atomic E-state index is 0.221. The Morgan fingerprint density at radius 2 is 1.76 bits per heavy atom. The van der Waals surface area contributed by atoms with Crippen LogP contribution in [0.15, 0.2) is 0 Å². The highest BCUT2D eigenvalue weighted by Crippen LogP contribution is 2.15. The van der Waals surface area contributed by atoms with Crippen molar-refractivity contribution in [1.82, 2.24) is 14.7 Å². The molecule has 1 fully saturated rings. The first kappa shape index (κ1) is 14.5. The zero-order valence-corrected chi connectivity index (χ0v) is 11.8. The van der Waals surface area contributed by atoms with Crippen molar-refractivity contribution in [2.75, 3.05) is 47.3 Å². The Hall–Kier alpha value is -0.610. The Labute approximate surface area is 106 Å². The lowest BCUT2D eigenvalue weighted by Gasteiger charge is -2.36. The molecule has 0 aromatic carbocycles. The van der Waals surface area contributed by atoms with Crippen LogP contribution in [0.1, 0.15) is 26.2 Å². The van der Waals surface area contributed by atoms with Gasteiger partial charge in [-0.25, -0.2) is 0 Å². The molecule has 1 rings (SSSR count). The predicted octanol–water partition coefficient (Wildman–Crippen LogP) is 0.881. The van der Waals surface area contributed by atoms with Crippen LogP contribution in [0.3, 0.4) is 0 Å². The Kier molecular flexibility index (Phi) is 5.92. The van der Waals surface area contributed by atoms with Crippen LogP contribution in [0.5, 0.6) is 0 Å². The first-order valence-corrected chi connectivity index (χ1v) is 6.61. The standard InChI is InChI=1S/C13H27N3O/c1-12(17)16-10-6-13(7-11-16)15(4)9-5-8-14(2)3/h13H,5-11H2,1-4H3. The van der Waals surface area contributed by atoms with Gasteiger partial charge in [-0.2, -0.15) is 0 Å². The highest BCUT2D eigenvalue weighted by Gasteiger charge is 2.23. The number of rotatable bonds is 5. The van der Waals surface area contributed by atoms with Crippen molar-refractivity contribution in [1.29, 1.82) is 0 Å². The summed E-state index contributed by atoms with van der Waals surface area (Å²) < 4.78 is 0. The third kappa shape index (κ3) is 5.04. The number of piperidine rings is 1. The van der Waals surface area contributed by atoms with Crippen LogP contribution in [-0.4, -0.2) is 74.0 Å². The molecule has 100 valence electrons. The second-order valence-electron chi connectivity index (χ2n) is 5.37. The Balaban J connectivity index is 2.21. The van der Waals surface area contributed by atoms with Gasteiger partial charge in [-0.3, -0.25) is 4.79 Å². The molecule has 4 heteroatoms. The van der Waals surface area contributed by atoms with Gasteiger partial charge in [0.15, 0.2) is 0 Å². The van der Waals surface area contributed by atoms with E-state index < -0.39 is 0 Å². The van der Waals surface area contributed by atoms with Gasteiger partial charge in [0.25, 0.3) is 0 Å². The van der Waals surface area contributed by atoms with Crippen molar-refractivity contribution in [3.63, 3.8) is 0 Å². The van der Waals surface area contributed by atoms with E-state index in [1.807, 2.05) is 4.90 Å². The van der Waals surface area contributed by atoms with E-state index in [9.17, 15) is 4.79 Å². The quantitative estimate of drug-likeness (QED) is 0.715. The second kappa shape index (κ2) is 6.97. The van der Waals surface area contributed by atoms with E-state index >= 15 is 0 Å². The summed E-state index contributed by atoms with van der Waals surface area (Å²) in [6.07, 6.45) is 3.46. The average molecular weight is 241 g/mol. The van der Waals surface area contributed by atoms with Gasteiger partial charge < -0.3 is 14.7 Å². The summed E-state index contributed by atoms with van der Waals surface area (Å²) >= 11 is 0. The normalized spacial score (nSPS) is 18.1. The molecule has 1 aliphatic rings. The van der Waals surface area contributed by atoms with Gasteiger partial charge >= 0.3 is 0 Å². The molecule has 0 aromatic rings. The largest absolute Gasteiger partial charge is 0.343 e. The van der Waals surface area contributed by atoms with Gasteiger partial charge in [0.05, 0.1) is 0 Å². The van der Waals surface area contributed by atoms with E-state index in [4.69, 9.17) is 0 Å². The van der Waals surface area contributed by atoms with Crippen molar-refractivity contribution in [3.8, 4) is 0 Å². The van der Waals surface area contributed by atoms with Crippen LogP contribution in [0.4, 0.5) is 0 Å². The van der Waals surface area contributed by atoms with Gasteiger partial charge in [-0.05, 0) is 53.5 Å². The first-order chi connectivity index (χ1) is 8.00. The molecule has 0 aliphatic carbocycles. The van der Waals surface area contributed by atoms with Crippen molar-refractivity contribution in [2.45, 2.75) is 32.2 Å². The molecule has 1 amide bonds. The van der Waals surface area contributed by atoms with Gasteiger partial charge in [0.2, 0.25) is 5.91 Å². The summed E-state index contributed by atoms with van der Waals surface area (Å²) in [5, 5.41) is 0. The third-order valence-electron chi connectivity index (χ3n) is 3.65. The molecule has 1 saturated heterocycles. The summed E-state index contributed by atoms with van der Waals surface area (Å²) in [4.78, 5) is 17.9. The topological polar surface area (TPSA) is 26.8 Å². The molecule has 0 aromatic heterocycles. The summed E-state index contributed by atoms with van der Waals surface area (Å²) in [7, 11) is 6.44. The van der Waals surface area contributed by atoms with Crippen molar-refractivity contribution in [2.24, 2.45) is 0 Å². The monoisotopic (exact) mass is 241 g/mol. The number of amides is 1. The number of carbonyl (C=O) groups is 1.